The Hall–Kier alpha value is -1.82. The fourth-order valence-corrected chi connectivity index (χ4v) is 2.53. The predicted molar refractivity (Wildman–Crippen MR) is 69.5 cm³/mol. The first kappa shape index (κ1) is 12.6. The molecular formula is C15H18N2O. The van der Waals surface area contributed by atoms with E-state index in [0.29, 0.717) is 12.8 Å². The average Bonchev–Trinajstić information content (AvgIpc) is 2.89. The quantitative estimate of drug-likeness (QED) is 0.886. The van der Waals surface area contributed by atoms with Crippen molar-refractivity contribution in [2.75, 3.05) is 0 Å². The summed E-state index contributed by atoms with van der Waals surface area (Å²) < 4.78 is 0. The van der Waals surface area contributed by atoms with Crippen LogP contribution >= 0.6 is 0 Å². The number of hydrogen-bond donors (Lipinski definition) is 1. The maximum Gasteiger partial charge on any atom is 0.240 e. The zero-order valence-corrected chi connectivity index (χ0v) is 10.6. The lowest BCUT2D eigenvalue weighted by Gasteiger charge is -2.23. The first-order valence-electron chi connectivity index (χ1n) is 6.45. The number of nitrogens with one attached hydrogen (secondary N) is 1. The third kappa shape index (κ3) is 2.38. The number of carbonyl (C=O) groups excluding carboxylic acids is 1. The molecule has 0 aliphatic heterocycles. The molecule has 0 heterocycles. The smallest absolute Gasteiger partial charge is 0.240 e. The molecule has 18 heavy (non-hydrogen) atoms. The number of benzene rings is 1. The molecule has 0 aromatic heterocycles. The second-order valence-electron chi connectivity index (χ2n) is 5.01. The van der Waals surface area contributed by atoms with Crippen molar-refractivity contribution >= 4 is 5.91 Å². The van der Waals surface area contributed by atoms with E-state index in [1.165, 1.54) is 0 Å². The van der Waals surface area contributed by atoms with E-state index in [0.717, 1.165) is 18.4 Å². The summed E-state index contributed by atoms with van der Waals surface area (Å²) in [6.45, 7) is 1.95. The van der Waals surface area contributed by atoms with E-state index in [4.69, 9.17) is 0 Å². The summed E-state index contributed by atoms with van der Waals surface area (Å²) in [7, 11) is 0. The first-order valence-corrected chi connectivity index (χ1v) is 6.45. The summed E-state index contributed by atoms with van der Waals surface area (Å²) >= 11 is 0. The molecule has 0 spiro atoms. The molecular weight excluding hydrogens is 224 g/mol. The molecule has 3 nitrogen and oxygen atoms in total. The highest BCUT2D eigenvalue weighted by molar-refractivity contribution is 5.86. The molecule has 2 rings (SSSR count). The van der Waals surface area contributed by atoms with E-state index >= 15 is 0 Å². The third-order valence-electron chi connectivity index (χ3n) is 3.75. The normalized spacial score (nSPS) is 18.9. The van der Waals surface area contributed by atoms with Crippen molar-refractivity contribution in [2.45, 2.75) is 38.6 Å². The van der Waals surface area contributed by atoms with Crippen molar-refractivity contribution in [3.05, 3.63) is 35.9 Å². The summed E-state index contributed by atoms with van der Waals surface area (Å²) in [5, 5.41) is 12.2. The van der Waals surface area contributed by atoms with E-state index in [2.05, 4.69) is 11.4 Å². The van der Waals surface area contributed by atoms with Crippen molar-refractivity contribution in [3.8, 4) is 6.07 Å². The number of nitrogens with zero attached hydrogens (tertiary/aromatic N) is 1. The lowest BCUT2D eigenvalue weighted by atomic mass is 9.86. The van der Waals surface area contributed by atoms with Crippen LogP contribution in [0.5, 0.6) is 0 Å². The first-order chi connectivity index (χ1) is 8.68. The van der Waals surface area contributed by atoms with E-state index in [1.807, 2.05) is 37.3 Å². The van der Waals surface area contributed by atoms with Crippen LogP contribution in [0.2, 0.25) is 0 Å². The van der Waals surface area contributed by atoms with Gasteiger partial charge in [0.05, 0.1) is 12.1 Å². The molecule has 1 atom stereocenters. The van der Waals surface area contributed by atoms with Gasteiger partial charge in [-0.15, -0.1) is 0 Å². The molecule has 0 bridgehead atoms. The third-order valence-corrected chi connectivity index (χ3v) is 3.75. The van der Waals surface area contributed by atoms with Crippen molar-refractivity contribution in [3.63, 3.8) is 0 Å². The van der Waals surface area contributed by atoms with Gasteiger partial charge in [-0.2, -0.15) is 5.26 Å². The second-order valence-corrected chi connectivity index (χ2v) is 5.01. The van der Waals surface area contributed by atoms with Gasteiger partial charge in [0.2, 0.25) is 5.91 Å². The average molecular weight is 242 g/mol. The van der Waals surface area contributed by atoms with E-state index < -0.39 is 5.41 Å². The molecule has 1 amide bonds. The standard InChI is InChI=1S/C15H18N2O/c1-12(13-7-3-2-4-8-13)17-14(18)15(11-16)9-5-6-10-15/h2-4,7-8,12H,5-6,9-10H2,1H3,(H,17,18)/t12-/m1/s1. The number of nitriles is 1. The maximum atomic E-state index is 12.2. The zero-order valence-electron chi connectivity index (χ0n) is 10.6. The van der Waals surface area contributed by atoms with Crippen LogP contribution in [-0.4, -0.2) is 5.91 Å². The van der Waals surface area contributed by atoms with Gasteiger partial charge in [-0.1, -0.05) is 43.2 Å². The van der Waals surface area contributed by atoms with Crippen LogP contribution in [0.3, 0.4) is 0 Å². The van der Waals surface area contributed by atoms with Crippen molar-refractivity contribution in [1.29, 1.82) is 5.26 Å². The van der Waals surface area contributed by atoms with Gasteiger partial charge in [-0.3, -0.25) is 4.79 Å². The minimum absolute atomic E-state index is 0.0514. The minimum Gasteiger partial charge on any atom is -0.348 e. The molecule has 1 saturated carbocycles. The highest BCUT2D eigenvalue weighted by atomic mass is 16.2. The van der Waals surface area contributed by atoms with Crippen LogP contribution in [0.4, 0.5) is 0 Å². The van der Waals surface area contributed by atoms with Gasteiger partial charge < -0.3 is 5.32 Å². The highest BCUT2D eigenvalue weighted by Crippen LogP contribution is 2.38. The molecule has 1 fully saturated rings. The Balaban J connectivity index is 2.06. The SMILES string of the molecule is C[C@@H](NC(=O)C1(C#N)CCCC1)c1ccccc1. The molecule has 1 aliphatic carbocycles. The van der Waals surface area contributed by atoms with E-state index in [1.54, 1.807) is 0 Å². The van der Waals surface area contributed by atoms with Gasteiger partial charge in [0, 0.05) is 0 Å². The minimum atomic E-state index is -0.789. The fourth-order valence-electron chi connectivity index (χ4n) is 2.53. The molecule has 0 saturated heterocycles. The van der Waals surface area contributed by atoms with Gasteiger partial charge in [-0.25, -0.2) is 0 Å². The zero-order chi connectivity index (χ0) is 13.0. The van der Waals surface area contributed by atoms with Gasteiger partial charge in [0.25, 0.3) is 0 Å². The van der Waals surface area contributed by atoms with Gasteiger partial charge in [0.15, 0.2) is 0 Å². The van der Waals surface area contributed by atoms with Gasteiger partial charge in [0.1, 0.15) is 5.41 Å². The molecule has 1 aromatic carbocycles. The number of hydrogen-bond acceptors (Lipinski definition) is 2. The number of amides is 1. The number of carbonyl (C=O) groups is 1. The van der Waals surface area contributed by atoms with Crippen LogP contribution in [0.25, 0.3) is 0 Å². The highest BCUT2D eigenvalue weighted by Gasteiger charge is 2.41. The predicted octanol–water partition coefficient (Wildman–Crippen LogP) is 2.95. The molecule has 1 aromatic rings. The Kier molecular flexibility index (Phi) is 3.66. The number of rotatable bonds is 3. The van der Waals surface area contributed by atoms with E-state index in [-0.39, 0.29) is 11.9 Å². The Bertz CT molecular complexity index is 455. The molecule has 94 valence electrons. The molecule has 3 heteroatoms. The summed E-state index contributed by atoms with van der Waals surface area (Å²) in [5.41, 5.74) is 0.278. The summed E-state index contributed by atoms with van der Waals surface area (Å²) in [6, 6.07) is 12.0. The van der Waals surface area contributed by atoms with Crippen LogP contribution in [0.1, 0.15) is 44.2 Å². The summed E-state index contributed by atoms with van der Waals surface area (Å²) in [6.07, 6.45) is 3.33. The monoisotopic (exact) mass is 242 g/mol. The van der Waals surface area contributed by atoms with Crippen LogP contribution in [0.15, 0.2) is 30.3 Å². The Labute approximate surface area is 108 Å². The summed E-state index contributed by atoms with van der Waals surface area (Å²) in [4.78, 5) is 12.2. The Morgan fingerprint density at radius 3 is 2.50 bits per heavy atom. The topological polar surface area (TPSA) is 52.9 Å². The van der Waals surface area contributed by atoms with Gasteiger partial charge in [-0.05, 0) is 25.3 Å². The second kappa shape index (κ2) is 5.22. The fraction of sp³-hybridized carbons (Fsp3) is 0.467. The Morgan fingerprint density at radius 2 is 1.94 bits per heavy atom. The lowest BCUT2D eigenvalue weighted by Crippen LogP contribution is -2.39. The molecule has 1 aliphatic rings. The Morgan fingerprint density at radius 1 is 1.33 bits per heavy atom. The molecule has 0 radical (unpaired) electrons. The van der Waals surface area contributed by atoms with Crippen molar-refractivity contribution in [2.24, 2.45) is 5.41 Å². The van der Waals surface area contributed by atoms with Crippen LogP contribution in [-0.2, 0) is 4.79 Å². The largest absolute Gasteiger partial charge is 0.348 e. The maximum absolute atomic E-state index is 12.2. The lowest BCUT2D eigenvalue weighted by molar-refractivity contribution is -0.128. The van der Waals surface area contributed by atoms with E-state index in [9.17, 15) is 10.1 Å². The summed E-state index contributed by atoms with van der Waals surface area (Å²) in [5.74, 6) is -0.112. The van der Waals surface area contributed by atoms with Gasteiger partial charge >= 0.3 is 0 Å². The molecule has 1 N–H and O–H groups in total. The van der Waals surface area contributed by atoms with Crippen LogP contribution < -0.4 is 5.32 Å². The molecule has 0 unspecified atom stereocenters. The van der Waals surface area contributed by atoms with Crippen molar-refractivity contribution < 1.29 is 4.79 Å². The van der Waals surface area contributed by atoms with Crippen LogP contribution in [0, 0.1) is 16.7 Å². The van der Waals surface area contributed by atoms with Crippen molar-refractivity contribution in [1.82, 2.24) is 5.32 Å².